The Morgan fingerprint density at radius 3 is 1.21 bits per heavy atom. The first kappa shape index (κ1) is 64.0. The second-order valence-corrected chi connectivity index (χ2v) is 23.8. The second kappa shape index (κ2) is 37.5. The van der Waals surface area contributed by atoms with Gasteiger partial charge in [-0.2, -0.15) is 0 Å². The van der Waals surface area contributed by atoms with Crippen LogP contribution >= 0.6 is 11.8 Å². The van der Waals surface area contributed by atoms with Crippen LogP contribution in [0.2, 0.25) is 0 Å². The SMILES string of the molecule is C=O.CC1CCC(CCOCC(COC(=O)CC2CCC(C)CC2)OC(=O)CCCN(CCCC(=O)OC(COC(=O)CC2CCC(C)CC2)COC(=O)CC2CCC(C)CC2)C(=O)SCCCN(C)C)CC1. The van der Waals surface area contributed by atoms with Gasteiger partial charge in [0.1, 0.15) is 26.6 Å². The maximum Gasteiger partial charge on any atom is 0.306 e. The summed E-state index contributed by atoms with van der Waals surface area (Å²) < 4.78 is 34.7. The van der Waals surface area contributed by atoms with Gasteiger partial charge in [-0.3, -0.25) is 28.8 Å². The lowest BCUT2D eigenvalue weighted by atomic mass is 9.81. The van der Waals surface area contributed by atoms with E-state index in [1.807, 2.05) is 20.9 Å². The van der Waals surface area contributed by atoms with Gasteiger partial charge >= 0.3 is 29.8 Å². The number of rotatable bonds is 31. The average molecular weight is 1050 g/mol. The van der Waals surface area contributed by atoms with Crippen molar-refractivity contribution in [2.24, 2.45) is 47.3 Å². The largest absolute Gasteiger partial charge is 0.462 e. The Morgan fingerprint density at radius 2 is 0.836 bits per heavy atom. The van der Waals surface area contributed by atoms with Crippen molar-refractivity contribution in [3.8, 4) is 0 Å². The summed E-state index contributed by atoms with van der Waals surface area (Å²) in [5.41, 5.74) is 0. The molecule has 16 heteroatoms. The number of carbonyl (C=O) groups is 7. The Bertz CT molecular complexity index is 1530. The molecule has 0 aliphatic heterocycles. The van der Waals surface area contributed by atoms with Crippen LogP contribution in [0, 0.1) is 47.3 Å². The van der Waals surface area contributed by atoms with E-state index in [0.717, 1.165) is 102 Å². The van der Waals surface area contributed by atoms with Gasteiger partial charge in [0.25, 0.3) is 5.24 Å². The minimum Gasteiger partial charge on any atom is -0.462 e. The van der Waals surface area contributed by atoms with Crippen molar-refractivity contribution in [1.82, 2.24) is 9.80 Å². The number of amides is 1. The predicted molar refractivity (Wildman–Crippen MR) is 285 cm³/mol. The minimum atomic E-state index is -0.955. The number of carbonyl (C=O) groups excluding carboxylic acids is 7. The van der Waals surface area contributed by atoms with Crippen molar-refractivity contribution >= 4 is 53.6 Å². The van der Waals surface area contributed by atoms with Gasteiger partial charge in [0.15, 0.2) is 12.2 Å². The Hall–Kier alpha value is -3.24. The van der Waals surface area contributed by atoms with Crippen molar-refractivity contribution in [1.29, 1.82) is 0 Å². The Labute approximate surface area is 444 Å². The van der Waals surface area contributed by atoms with Crippen LogP contribution in [0.5, 0.6) is 0 Å². The van der Waals surface area contributed by atoms with E-state index in [0.29, 0.717) is 74.1 Å². The highest BCUT2D eigenvalue weighted by Crippen LogP contribution is 2.33. The van der Waals surface area contributed by atoms with E-state index in [9.17, 15) is 28.8 Å². The molecule has 4 rings (SSSR count). The lowest BCUT2D eigenvalue weighted by Gasteiger charge is -2.26. The van der Waals surface area contributed by atoms with Crippen LogP contribution in [0.15, 0.2) is 0 Å². The minimum absolute atomic E-state index is 0.0177. The highest BCUT2D eigenvalue weighted by Gasteiger charge is 2.28. The van der Waals surface area contributed by atoms with Gasteiger partial charge in [-0.25, -0.2) is 0 Å². The molecule has 0 N–H and O–H groups in total. The van der Waals surface area contributed by atoms with Gasteiger partial charge in [0.05, 0.1) is 6.61 Å². The summed E-state index contributed by atoms with van der Waals surface area (Å²) in [4.78, 5) is 90.7. The zero-order chi connectivity index (χ0) is 53.4. The molecule has 73 heavy (non-hydrogen) atoms. The van der Waals surface area contributed by atoms with Crippen LogP contribution in [-0.2, 0) is 57.2 Å². The van der Waals surface area contributed by atoms with Crippen molar-refractivity contribution in [3.05, 3.63) is 0 Å². The van der Waals surface area contributed by atoms with Crippen LogP contribution in [0.1, 0.15) is 188 Å². The fourth-order valence-electron chi connectivity index (χ4n) is 10.6. The highest BCUT2D eigenvalue weighted by atomic mass is 32.2. The predicted octanol–water partition coefficient (Wildman–Crippen LogP) is 10.8. The number of thioether (sulfide) groups is 1. The number of esters is 5. The first-order valence-corrected chi connectivity index (χ1v) is 29.4. The van der Waals surface area contributed by atoms with E-state index < -0.39 is 24.1 Å². The number of ether oxygens (including phenoxy) is 6. The molecule has 0 aromatic heterocycles. The summed E-state index contributed by atoms with van der Waals surface area (Å²) in [5.74, 6) is 2.95. The summed E-state index contributed by atoms with van der Waals surface area (Å²) in [6.45, 7) is 12.6. The van der Waals surface area contributed by atoms with E-state index in [4.69, 9.17) is 33.2 Å². The highest BCUT2D eigenvalue weighted by molar-refractivity contribution is 8.13. The molecule has 15 nitrogen and oxygen atoms in total. The first-order valence-electron chi connectivity index (χ1n) is 28.4. The third-order valence-electron chi connectivity index (χ3n) is 15.6. The molecule has 4 fully saturated rings. The van der Waals surface area contributed by atoms with E-state index in [2.05, 4.69) is 32.6 Å². The summed E-state index contributed by atoms with van der Waals surface area (Å²) in [7, 11) is 3.98. The fraction of sp³-hybridized carbons (Fsp3) is 0.877. The average Bonchev–Trinajstić information content (AvgIpc) is 3.36. The summed E-state index contributed by atoms with van der Waals surface area (Å²) in [6.07, 6.45) is 19.2. The Morgan fingerprint density at radius 1 is 0.479 bits per heavy atom. The van der Waals surface area contributed by atoms with E-state index in [1.54, 1.807) is 4.90 Å². The zero-order valence-corrected chi connectivity index (χ0v) is 46.9. The standard InChI is InChI=1S/C56H96N2O12S.CH2O/c1-41-12-20-45(21-13-41)28-32-65-37-49(38-66-53(61)34-46-22-14-42(2)15-23-46)69-51(59)10-7-30-58(56(64)71-33-9-29-57(5)6)31-8-11-52(60)70-50(39-67-54(62)35-47-24-16-43(3)17-25-47)40-68-55(63)36-48-26-18-44(4)19-27-48;1-2/h41-50H,7-40H2,1-6H3;1H2. The van der Waals surface area contributed by atoms with Gasteiger partial charge in [-0.05, 0) is 132 Å². The third kappa shape index (κ3) is 29.6. The first-order chi connectivity index (χ1) is 35.1. The van der Waals surface area contributed by atoms with Crippen LogP contribution in [0.4, 0.5) is 4.79 Å². The molecule has 1 amide bonds. The zero-order valence-electron chi connectivity index (χ0n) is 46.1. The molecular formula is C57H98N2O13S. The van der Waals surface area contributed by atoms with E-state index >= 15 is 0 Å². The molecule has 0 spiro atoms. The van der Waals surface area contributed by atoms with Crippen LogP contribution in [-0.4, -0.2) is 136 Å². The van der Waals surface area contributed by atoms with Gasteiger partial charge in [0.2, 0.25) is 0 Å². The monoisotopic (exact) mass is 1050 g/mol. The lowest BCUT2D eigenvalue weighted by Crippen LogP contribution is -2.33. The molecule has 0 heterocycles. The van der Waals surface area contributed by atoms with Crippen LogP contribution in [0.3, 0.4) is 0 Å². The molecule has 4 aliphatic carbocycles. The molecule has 0 saturated heterocycles. The van der Waals surface area contributed by atoms with Crippen molar-refractivity contribution in [2.75, 3.05) is 72.5 Å². The number of nitrogens with zero attached hydrogens (tertiary/aromatic N) is 2. The van der Waals surface area contributed by atoms with Gasteiger partial charge in [-0.15, -0.1) is 0 Å². The summed E-state index contributed by atoms with van der Waals surface area (Å²) >= 11 is 1.22. The number of hydrogen-bond acceptors (Lipinski definition) is 15. The molecule has 420 valence electrons. The van der Waals surface area contributed by atoms with Crippen molar-refractivity contribution < 1.29 is 62.0 Å². The maximum atomic E-state index is 13.6. The van der Waals surface area contributed by atoms with E-state index in [1.165, 1.54) is 37.4 Å². The lowest BCUT2D eigenvalue weighted by molar-refractivity contribution is -0.167. The van der Waals surface area contributed by atoms with Gasteiger partial charge < -0.3 is 43.0 Å². The molecular weight excluding hydrogens is 953 g/mol. The third-order valence-corrected chi connectivity index (χ3v) is 16.6. The number of hydrogen-bond donors (Lipinski definition) is 0. The molecule has 0 radical (unpaired) electrons. The Kier molecular flexibility index (Phi) is 32.9. The van der Waals surface area contributed by atoms with E-state index in [-0.39, 0.29) is 87.3 Å². The van der Waals surface area contributed by atoms with Crippen molar-refractivity contribution in [2.45, 2.75) is 200 Å². The quantitative estimate of drug-likeness (QED) is 0.0363. The smallest absolute Gasteiger partial charge is 0.306 e. The summed E-state index contributed by atoms with van der Waals surface area (Å²) in [6, 6.07) is 0. The summed E-state index contributed by atoms with van der Waals surface area (Å²) in [5, 5.41) is -0.139. The molecule has 4 saturated carbocycles. The van der Waals surface area contributed by atoms with Crippen LogP contribution in [0.25, 0.3) is 0 Å². The second-order valence-electron chi connectivity index (χ2n) is 22.7. The van der Waals surface area contributed by atoms with Gasteiger partial charge in [0, 0.05) is 57.6 Å². The molecule has 4 aliphatic rings. The maximum absolute atomic E-state index is 13.6. The Balaban J connectivity index is 0.00000694. The molecule has 0 aromatic rings. The fourth-order valence-corrected chi connectivity index (χ4v) is 11.4. The molecule has 0 aromatic carbocycles. The topological polar surface area (TPSA) is 181 Å². The van der Waals surface area contributed by atoms with Gasteiger partial charge in [-0.1, -0.05) is 104 Å². The molecule has 1 atom stereocenters. The normalized spacial score (nSPS) is 25.0. The van der Waals surface area contributed by atoms with Crippen LogP contribution < -0.4 is 0 Å². The molecule has 1 unspecified atom stereocenters. The molecule has 0 bridgehead atoms. The van der Waals surface area contributed by atoms with Crippen molar-refractivity contribution in [3.63, 3.8) is 0 Å².